The van der Waals surface area contributed by atoms with Gasteiger partial charge in [-0.1, -0.05) is 18.2 Å². The number of hydrogen-bond donors (Lipinski definition) is 0. The monoisotopic (exact) mass is 477 g/mol. The van der Waals surface area contributed by atoms with E-state index in [-0.39, 0.29) is 30.7 Å². The van der Waals surface area contributed by atoms with Gasteiger partial charge in [0.15, 0.2) is 0 Å². The summed E-state index contributed by atoms with van der Waals surface area (Å²) in [5.41, 5.74) is 2.98. The number of thiophene rings is 1. The van der Waals surface area contributed by atoms with Gasteiger partial charge in [0.1, 0.15) is 0 Å². The average molecular weight is 478 g/mol. The molecule has 9 heteroatoms. The topological polar surface area (TPSA) is 65.2 Å². The molecule has 164 valence electrons. The van der Waals surface area contributed by atoms with E-state index < -0.39 is 0 Å². The molecule has 3 aromatic rings. The lowest BCUT2D eigenvalue weighted by Gasteiger charge is -2.22. The molecular weight excluding hydrogens is 453 g/mol. The Kier molecular flexibility index (Phi) is 9.53. The first-order valence-corrected chi connectivity index (χ1v) is 10.6. The van der Waals surface area contributed by atoms with E-state index in [1.807, 2.05) is 59.2 Å². The summed E-state index contributed by atoms with van der Waals surface area (Å²) in [6.07, 6.45) is 4.75. The van der Waals surface area contributed by atoms with Gasteiger partial charge in [-0.05, 0) is 35.6 Å². The maximum Gasteiger partial charge on any atom is 0.263 e. The molecule has 31 heavy (non-hydrogen) atoms. The van der Waals surface area contributed by atoms with Gasteiger partial charge in [-0.2, -0.15) is 5.26 Å². The minimum atomic E-state index is 0. The van der Waals surface area contributed by atoms with Crippen LogP contribution in [0.3, 0.4) is 0 Å². The zero-order valence-electron chi connectivity index (χ0n) is 17.0. The van der Waals surface area contributed by atoms with Crippen LogP contribution < -0.4 is 0 Å². The maximum atomic E-state index is 12.6. The van der Waals surface area contributed by atoms with Crippen LogP contribution in [-0.4, -0.2) is 51.4 Å². The average Bonchev–Trinajstić information content (AvgIpc) is 3.37. The smallest absolute Gasteiger partial charge is 0.263 e. The Hall–Kier alpha value is -2.37. The molecule has 0 N–H and O–H groups in total. The predicted octanol–water partition coefficient (Wildman–Crippen LogP) is 4.06. The summed E-state index contributed by atoms with van der Waals surface area (Å²) in [5, 5.41) is 10.9. The van der Waals surface area contributed by atoms with Crippen LogP contribution in [0.2, 0.25) is 0 Å². The molecule has 0 aliphatic carbocycles. The number of hydrogen-bond acceptors (Lipinski definition) is 5. The molecule has 0 bridgehead atoms. The number of nitriles is 1. The highest BCUT2D eigenvalue weighted by molar-refractivity contribution is 7.12. The van der Waals surface area contributed by atoms with Crippen LogP contribution in [0.1, 0.15) is 32.9 Å². The standard InChI is InChI=1S/C22H23N5OS.2ClH/c23-13-18-4-6-19(7-5-18)15-27-17-24-14-20(27)16-25-8-2-9-26(11-10-25)22(28)21-3-1-12-29-21;;/h1,3-7,12,14,17H,2,8-11,15-16H2;2*1H. The van der Waals surface area contributed by atoms with Gasteiger partial charge in [0.05, 0.1) is 28.5 Å². The van der Waals surface area contributed by atoms with Crippen molar-refractivity contribution in [2.45, 2.75) is 19.5 Å². The number of imidazole rings is 1. The summed E-state index contributed by atoms with van der Waals surface area (Å²) < 4.78 is 2.15. The molecule has 1 aromatic carbocycles. The summed E-state index contributed by atoms with van der Waals surface area (Å²) in [6, 6.07) is 13.7. The molecule has 0 atom stereocenters. The number of amides is 1. The van der Waals surface area contributed by atoms with Crippen molar-refractivity contribution in [2.75, 3.05) is 26.2 Å². The van der Waals surface area contributed by atoms with Gasteiger partial charge < -0.3 is 9.47 Å². The third-order valence-electron chi connectivity index (χ3n) is 5.23. The van der Waals surface area contributed by atoms with Crippen molar-refractivity contribution in [2.24, 2.45) is 0 Å². The first-order chi connectivity index (χ1) is 14.2. The van der Waals surface area contributed by atoms with Crippen LogP contribution in [0.25, 0.3) is 0 Å². The first kappa shape index (κ1) is 24.9. The van der Waals surface area contributed by atoms with Crippen molar-refractivity contribution in [3.63, 3.8) is 0 Å². The quantitative estimate of drug-likeness (QED) is 0.555. The molecule has 0 saturated carbocycles. The number of carbonyl (C=O) groups excluding carboxylic acids is 1. The number of aromatic nitrogens is 2. The van der Waals surface area contributed by atoms with Crippen molar-refractivity contribution in [1.82, 2.24) is 19.4 Å². The Morgan fingerprint density at radius 1 is 1.06 bits per heavy atom. The minimum absolute atomic E-state index is 0. The van der Waals surface area contributed by atoms with Gasteiger partial charge in [0.25, 0.3) is 5.91 Å². The summed E-state index contributed by atoms with van der Waals surface area (Å²) in [5.74, 6) is 0.146. The van der Waals surface area contributed by atoms with E-state index >= 15 is 0 Å². The number of nitrogens with zero attached hydrogens (tertiary/aromatic N) is 5. The van der Waals surface area contributed by atoms with E-state index in [0.29, 0.717) is 5.56 Å². The molecule has 0 spiro atoms. The molecular formula is C22H25Cl2N5OS. The molecule has 1 aliphatic heterocycles. The van der Waals surface area contributed by atoms with E-state index in [4.69, 9.17) is 5.26 Å². The number of benzene rings is 1. The Balaban J connectivity index is 0.00000171. The summed E-state index contributed by atoms with van der Waals surface area (Å²) in [4.78, 5) is 22.1. The second-order valence-corrected chi connectivity index (χ2v) is 8.17. The van der Waals surface area contributed by atoms with Crippen LogP contribution in [-0.2, 0) is 13.1 Å². The van der Waals surface area contributed by atoms with E-state index in [2.05, 4.69) is 20.5 Å². The number of rotatable bonds is 5. The normalized spacial score (nSPS) is 14.1. The molecule has 0 radical (unpaired) electrons. The molecule has 1 amide bonds. The fraction of sp³-hybridized carbons (Fsp3) is 0.318. The van der Waals surface area contributed by atoms with Gasteiger partial charge in [0, 0.05) is 45.5 Å². The third-order valence-corrected chi connectivity index (χ3v) is 6.09. The highest BCUT2D eigenvalue weighted by atomic mass is 35.5. The SMILES string of the molecule is Cl.Cl.N#Cc1ccc(Cn2cncc2CN2CCCN(C(=O)c3cccs3)CC2)cc1. The van der Waals surface area contributed by atoms with Crippen molar-refractivity contribution < 1.29 is 4.79 Å². The summed E-state index contributed by atoms with van der Waals surface area (Å²) >= 11 is 1.51. The fourth-order valence-electron chi connectivity index (χ4n) is 3.62. The lowest BCUT2D eigenvalue weighted by Crippen LogP contribution is -2.34. The highest BCUT2D eigenvalue weighted by Gasteiger charge is 2.21. The van der Waals surface area contributed by atoms with Crippen LogP contribution >= 0.6 is 36.2 Å². The zero-order chi connectivity index (χ0) is 20.1. The van der Waals surface area contributed by atoms with Gasteiger partial charge in [-0.15, -0.1) is 36.2 Å². The molecule has 6 nitrogen and oxygen atoms in total. The lowest BCUT2D eigenvalue weighted by molar-refractivity contribution is 0.0766. The van der Waals surface area contributed by atoms with E-state index in [0.717, 1.165) is 61.8 Å². The first-order valence-electron chi connectivity index (χ1n) is 9.76. The molecule has 2 aromatic heterocycles. The molecule has 1 saturated heterocycles. The lowest BCUT2D eigenvalue weighted by atomic mass is 10.1. The van der Waals surface area contributed by atoms with Gasteiger partial charge in [-0.25, -0.2) is 4.98 Å². The number of halogens is 2. The Morgan fingerprint density at radius 2 is 1.87 bits per heavy atom. The third kappa shape index (κ3) is 6.31. The number of carbonyl (C=O) groups is 1. The Morgan fingerprint density at radius 3 is 2.58 bits per heavy atom. The highest BCUT2D eigenvalue weighted by Crippen LogP contribution is 2.16. The molecule has 1 aliphatic rings. The Bertz CT molecular complexity index is 998. The van der Waals surface area contributed by atoms with Gasteiger partial charge in [-0.3, -0.25) is 9.69 Å². The fourth-order valence-corrected chi connectivity index (χ4v) is 4.31. The van der Waals surface area contributed by atoms with Gasteiger partial charge in [0.2, 0.25) is 0 Å². The second-order valence-electron chi connectivity index (χ2n) is 7.22. The summed E-state index contributed by atoms with van der Waals surface area (Å²) in [6.45, 7) is 4.93. The van der Waals surface area contributed by atoms with E-state index in [9.17, 15) is 4.79 Å². The zero-order valence-corrected chi connectivity index (χ0v) is 19.5. The maximum absolute atomic E-state index is 12.6. The molecule has 4 rings (SSSR count). The van der Waals surface area contributed by atoms with Gasteiger partial charge >= 0.3 is 0 Å². The van der Waals surface area contributed by atoms with Crippen LogP contribution in [0.4, 0.5) is 0 Å². The van der Waals surface area contributed by atoms with Crippen molar-refractivity contribution in [1.29, 1.82) is 5.26 Å². The molecule has 0 unspecified atom stereocenters. The summed E-state index contributed by atoms with van der Waals surface area (Å²) in [7, 11) is 0. The van der Waals surface area contributed by atoms with Crippen molar-refractivity contribution >= 4 is 42.1 Å². The van der Waals surface area contributed by atoms with Crippen molar-refractivity contribution in [3.8, 4) is 6.07 Å². The van der Waals surface area contributed by atoms with Crippen molar-refractivity contribution in [3.05, 3.63) is 76.0 Å². The molecule has 1 fully saturated rings. The Labute approximate surface area is 198 Å². The van der Waals surface area contributed by atoms with Crippen LogP contribution in [0.15, 0.2) is 54.3 Å². The largest absolute Gasteiger partial charge is 0.337 e. The minimum Gasteiger partial charge on any atom is -0.337 e. The van der Waals surface area contributed by atoms with Crippen LogP contribution in [0, 0.1) is 11.3 Å². The van der Waals surface area contributed by atoms with E-state index in [1.54, 1.807) is 0 Å². The second kappa shape index (κ2) is 11.9. The predicted molar refractivity (Wildman–Crippen MR) is 127 cm³/mol. The van der Waals surface area contributed by atoms with Crippen LogP contribution in [0.5, 0.6) is 0 Å². The molecule has 3 heterocycles. The van der Waals surface area contributed by atoms with E-state index in [1.165, 1.54) is 11.3 Å².